The van der Waals surface area contributed by atoms with Crippen molar-refractivity contribution in [3.05, 3.63) is 89.2 Å². The highest BCUT2D eigenvalue weighted by Crippen LogP contribution is 2.29. The number of benzene rings is 2. The van der Waals surface area contributed by atoms with Crippen molar-refractivity contribution in [3.8, 4) is 5.75 Å². The molecule has 0 unspecified atom stereocenters. The molecule has 6 nitrogen and oxygen atoms in total. The van der Waals surface area contributed by atoms with Gasteiger partial charge in [0, 0.05) is 25.0 Å². The molecule has 2 aromatic carbocycles. The van der Waals surface area contributed by atoms with Crippen LogP contribution in [0.2, 0.25) is 5.02 Å². The number of halogens is 1. The number of thioether (sulfide) groups is 1. The van der Waals surface area contributed by atoms with Crippen LogP contribution in [0.3, 0.4) is 0 Å². The van der Waals surface area contributed by atoms with Crippen LogP contribution in [0.1, 0.15) is 49.9 Å². The minimum Gasteiger partial charge on any atom is -0.484 e. The zero-order valence-corrected chi connectivity index (χ0v) is 20.5. The van der Waals surface area contributed by atoms with Crippen LogP contribution in [0.15, 0.2) is 72.1 Å². The van der Waals surface area contributed by atoms with E-state index in [0.29, 0.717) is 29.2 Å². The van der Waals surface area contributed by atoms with Gasteiger partial charge in [0.1, 0.15) is 18.2 Å². The molecule has 33 heavy (non-hydrogen) atoms. The maximum Gasteiger partial charge on any atom is 0.192 e. The van der Waals surface area contributed by atoms with Crippen molar-refractivity contribution in [3.63, 3.8) is 0 Å². The van der Waals surface area contributed by atoms with Crippen molar-refractivity contribution in [1.82, 2.24) is 24.3 Å². The molecule has 0 fully saturated rings. The van der Waals surface area contributed by atoms with Gasteiger partial charge in [-0.15, -0.1) is 10.2 Å². The number of hydrogen-bond donors (Lipinski definition) is 0. The molecule has 0 saturated heterocycles. The molecule has 0 spiro atoms. The van der Waals surface area contributed by atoms with Gasteiger partial charge in [0.15, 0.2) is 11.0 Å². The van der Waals surface area contributed by atoms with Gasteiger partial charge in [0.2, 0.25) is 0 Å². The first-order chi connectivity index (χ1) is 16.2. The SMILES string of the molecule is CCC(CC)n1c(COc2ccccc2Cl)nnc1SCc1nccn1Cc1ccccc1. The second-order valence-electron chi connectivity index (χ2n) is 7.70. The van der Waals surface area contributed by atoms with E-state index >= 15 is 0 Å². The molecule has 4 aromatic rings. The highest BCUT2D eigenvalue weighted by atomic mass is 35.5. The Bertz CT molecular complexity index is 1160. The molecule has 0 aliphatic rings. The lowest BCUT2D eigenvalue weighted by molar-refractivity contribution is 0.278. The van der Waals surface area contributed by atoms with E-state index < -0.39 is 0 Å². The summed E-state index contributed by atoms with van der Waals surface area (Å²) in [5.41, 5.74) is 1.25. The Hall–Kier alpha value is -2.77. The van der Waals surface area contributed by atoms with Crippen LogP contribution in [0.25, 0.3) is 0 Å². The van der Waals surface area contributed by atoms with Crippen molar-refractivity contribution in [2.24, 2.45) is 0 Å². The lowest BCUT2D eigenvalue weighted by Gasteiger charge is -2.19. The average Bonchev–Trinajstić information content (AvgIpc) is 3.45. The highest BCUT2D eigenvalue weighted by molar-refractivity contribution is 7.98. The summed E-state index contributed by atoms with van der Waals surface area (Å²) in [4.78, 5) is 4.58. The average molecular weight is 482 g/mol. The van der Waals surface area contributed by atoms with Crippen LogP contribution >= 0.6 is 23.4 Å². The van der Waals surface area contributed by atoms with Gasteiger partial charge in [0.05, 0.1) is 10.8 Å². The van der Waals surface area contributed by atoms with Crippen LogP contribution in [0.5, 0.6) is 5.75 Å². The van der Waals surface area contributed by atoms with Crippen molar-refractivity contribution in [1.29, 1.82) is 0 Å². The normalized spacial score (nSPS) is 11.3. The maximum atomic E-state index is 6.25. The van der Waals surface area contributed by atoms with E-state index in [1.807, 2.05) is 42.7 Å². The fraction of sp³-hybridized carbons (Fsp3) is 0.320. The second-order valence-corrected chi connectivity index (χ2v) is 9.05. The molecule has 8 heteroatoms. The number of hydrogen-bond acceptors (Lipinski definition) is 5. The molecule has 0 saturated carbocycles. The van der Waals surface area contributed by atoms with Crippen LogP contribution in [-0.4, -0.2) is 24.3 Å². The summed E-state index contributed by atoms with van der Waals surface area (Å²) in [5, 5.41) is 10.4. The first-order valence-electron chi connectivity index (χ1n) is 11.2. The summed E-state index contributed by atoms with van der Waals surface area (Å²) in [6.45, 7) is 5.49. The number of rotatable bonds is 11. The van der Waals surface area contributed by atoms with Crippen LogP contribution in [0, 0.1) is 0 Å². The van der Waals surface area contributed by atoms with Gasteiger partial charge < -0.3 is 13.9 Å². The van der Waals surface area contributed by atoms with Crippen LogP contribution in [-0.2, 0) is 18.9 Å². The lowest BCUT2D eigenvalue weighted by Crippen LogP contribution is -2.14. The fourth-order valence-corrected chi connectivity index (χ4v) is 4.94. The maximum absolute atomic E-state index is 6.25. The first kappa shape index (κ1) is 23.4. The fourth-order valence-electron chi connectivity index (χ4n) is 3.76. The Labute approximate surface area is 204 Å². The Morgan fingerprint density at radius 3 is 2.48 bits per heavy atom. The zero-order valence-electron chi connectivity index (χ0n) is 18.9. The van der Waals surface area contributed by atoms with Crippen LogP contribution < -0.4 is 4.74 Å². The number of ether oxygens (including phenoxy) is 1. The molecule has 4 rings (SSSR count). The van der Waals surface area contributed by atoms with Crippen molar-refractivity contribution >= 4 is 23.4 Å². The lowest BCUT2D eigenvalue weighted by atomic mass is 10.2. The number of nitrogens with zero attached hydrogens (tertiary/aromatic N) is 5. The van der Waals surface area contributed by atoms with E-state index in [9.17, 15) is 0 Å². The summed E-state index contributed by atoms with van der Waals surface area (Å²) in [6.07, 6.45) is 5.86. The molecule has 0 aliphatic heterocycles. The summed E-state index contributed by atoms with van der Waals surface area (Å²) < 4.78 is 10.4. The molecular formula is C25H28ClN5OS. The predicted octanol–water partition coefficient (Wildman–Crippen LogP) is 6.41. The monoisotopic (exact) mass is 481 g/mol. The number of aromatic nitrogens is 5. The second kappa shape index (κ2) is 11.4. The van der Waals surface area contributed by atoms with Crippen molar-refractivity contribution in [2.75, 3.05) is 0 Å². The van der Waals surface area contributed by atoms with Gasteiger partial charge in [0.25, 0.3) is 0 Å². The summed E-state index contributed by atoms with van der Waals surface area (Å²) in [6, 6.07) is 18.2. The van der Waals surface area contributed by atoms with Crippen LogP contribution in [0.4, 0.5) is 0 Å². The molecule has 0 radical (unpaired) electrons. The third-order valence-corrected chi connectivity index (χ3v) is 6.82. The van der Waals surface area contributed by atoms with Gasteiger partial charge in [-0.1, -0.05) is 79.7 Å². The standard InChI is InChI=1S/C25H28ClN5OS/c1-3-20(4-2)31-23(17-32-22-13-9-8-12-21(22)26)28-29-25(31)33-18-24-27-14-15-30(24)16-19-10-6-5-7-11-19/h5-15,20H,3-4,16-18H2,1-2H3. The molecule has 2 heterocycles. The van der Waals surface area contributed by atoms with E-state index in [0.717, 1.165) is 36.2 Å². The number of para-hydroxylation sites is 1. The van der Waals surface area contributed by atoms with E-state index in [1.165, 1.54) is 5.56 Å². The molecule has 0 aliphatic carbocycles. The van der Waals surface area contributed by atoms with E-state index in [2.05, 4.69) is 62.4 Å². The van der Waals surface area contributed by atoms with Crippen molar-refractivity contribution < 1.29 is 4.74 Å². The summed E-state index contributed by atoms with van der Waals surface area (Å²) in [7, 11) is 0. The van der Waals surface area contributed by atoms with E-state index in [1.54, 1.807) is 11.8 Å². The molecule has 0 atom stereocenters. The van der Waals surface area contributed by atoms with E-state index in [-0.39, 0.29) is 0 Å². The van der Waals surface area contributed by atoms with Gasteiger partial charge >= 0.3 is 0 Å². The topological polar surface area (TPSA) is 57.8 Å². The summed E-state index contributed by atoms with van der Waals surface area (Å²) >= 11 is 7.91. The zero-order chi connectivity index (χ0) is 23.0. The minimum absolute atomic E-state index is 0.302. The predicted molar refractivity (Wildman–Crippen MR) is 133 cm³/mol. The van der Waals surface area contributed by atoms with E-state index in [4.69, 9.17) is 16.3 Å². The van der Waals surface area contributed by atoms with Crippen molar-refractivity contribution in [2.45, 2.75) is 56.8 Å². The Morgan fingerprint density at radius 2 is 1.73 bits per heavy atom. The van der Waals surface area contributed by atoms with Gasteiger partial charge in [-0.3, -0.25) is 0 Å². The molecule has 172 valence electrons. The van der Waals surface area contributed by atoms with Gasteiger partial charge in [-0.05, 0) is 30.5 Å². The number of imidazole rings is 1. The molecule has 2 aromatic heterocycles. The largest absolute Gasteiger partial charge is 0.484 e. The quantitative estimate of drug-likeness (QED) is 0.232. The Balaban J connectivity index is 1.50. The molecule has 0 N–H and O–H groups in total. The first-order valence-corrected chi connectivity index (χ1v) is 12.5. The Morgan fingerprint density at radius 1 is 0.970 bits per heavy atom. The van der Waals surface area contributed by atoms with Gasteiger partial charge in [-0.25, -0.2) is 4.98 Å². The smallest absolute Gasteiger partial charge is 0.192 e. The Kier molecular flexibility index (Phi) is 8.07. The third-order valence-electron chi connectivity index (χ3n) is 5.56. The van der Waals surface area contributed by atoms with Gasteiger partial charge in [-0.2, -0.15) is 0 Å². The molecule has 0 bridgehead atoms. The third kappa shape index (κ3) is 5.78. The minimum atomic E-state index is 0.302. The highest BCUT2D eigenvalue weighted by Gasteiger charge is 2.20. The molecular weight excluding hydrogens is 454 g/mol. The molecule has 0 amide bonds. The summed E-state index contributed by atoms with van der Waals surface area (Å²) in [5.74, 6) is 3.18.